The summed E-state index contributed by atoms with van der Waals surface area (Å²) in [6, 6.07) is 0. The number of hydrogen-bond donors (Lipinski definition) is 3. The van der Waals surface area contributed by atoms with Crippen molar-refractivity contribution >= 4 is 5.97 Å². The average Bonchev–Trinajstić information content (AvgIpc) is 2.48. The Morgan fingerprint density at radius 3 is 2.88 bits per heavy atom. The minimum Gasteiger partial charge on any atom is -0.481 e. The summed E-state index contributed by atoms with van der Waals surface area (Å²) in [4.78, 5) is 10.3. The first-order chi connectivity index (χ1) is 7.50. The molecular formula is C10H17N3O3. The number of aliphatic hydroxyl groups is 1. The third kappa shape index (κ3) is 3.63. The summed E-state index contributed by atoms with van der Waals surface area (Å²) in [5.41, 5.74) is 2.10. The molecule has 0 radical (unpaired) electrons. The maximum absolute atomic E-state index is 10.3. The van der Waals surface area contributed by atoms with E-state index in [1.54, 1.807) is 10.9 Å². The molecule has 3 N–H and O–H groups in total. The monoisotopic (exact) mass is 227 g/mol. The molecule has 1 aromatic rings. The Hall–Kier alpha value is -1.40. The summed E-state index contributed by atoms with van der Waals surface area (Å²) >= 11 is 0. The molecule has 0 aromatic carbocycles. The van der Waals surface area contributed by atoms with Crippen LogP contribution in [0, 0.1) is 6.92 Å². The van der Waals surface area contributed by atoms with E-state index in [4.69, 9.17) is 5.11 Å². The van der Waals surface area contributed by atoms with E-state index in [2.05, 4.69) is 10.4 Å². The van der Waals surface area contributed by atoms with Crippen LogP contribution in [0.2, 0.25) is 0 Å². The van der Waals surface area contributed by atoms with Crippen LogP contribution in [-0.4, -0.2) is 38.6 Å². The van der Waals surface area contributed by atoms with E-state index < -0.39 is 12.1 Å². The standard InChI is InChI=1S/C10H17N3O3/c1-7-8(5-12-13(7)2)4-11-6-9(14)3-10(15)16/h5,9,11,14H,3-4,6H2,1-2H3,(H,15,16). The first-order valence-electron chi connectivity index (χ1n) is 5.08. The molecule has 6 nitrogen and oxygen atoms in total. The highest BCUT2D eigenvalue weighted by atomic mass is 16.4. The number of nitrogens with one attached hydrogen (secondary N) is 1. The fourth-order valence-electron chi connectivity index (χ4n) is 1.36. The maximum Gasteiger partial charge on any atom is 0.306 e. The third-order valence-corrected chi connectivity index (χ3v) is 2.44. The number of carboxylic acids is 1. The highest BCUT2D eigenvalue weighted by molar-refractivity contribution is 5.67. The van der Waals surface area contributed by atoms with Gasteiger partial charge in [-0.25, -0.2) is 0 Å². The SMILES string of the molecule is Cc1c(CNCC(O)CC(=O)O)cnn1C. The number of carboxylic acid groups (broad SMARTS) is 1. The van der Waals surface area contributed by atoms with Gasteiger partial charge in [0.2, 0.25) is 0 Å². The van der Waals surface area contributed by atoms with Gasteiger partial charge in [0.15, 0.2) is 0 Å². The molecule has 0 aliphatic carbocycles. The zero-order valence-corrected chi connectivity index (χ0v) is 9.47. The van der Waals surface area contributed by atoms with Gasteiger partial charge in [0, 0.05) is 31.4 Å². The lowest BCUT2D eigenvalue weighted by atomic mass is 10.2. The predicted molar refractivity (Wildman–Crippen MR) is 57.9 cm³/mol. The summed E-state index contributed by atoms with van der Waals surface area (Å²) in [6.07, 6.45) is 0.666. The van der Waals surface area contributed by atoms with E-state index in [0.717, 1.165) is 11.3 Å². The normalized spacial score (nSPS) is 12.7. The molecule has 0 saturated heterocycles. The summed E-state index contributed by atoms with van der Waals surface area (Å²) in [5, 5.41) is 24.8. The average molecular weight is 227 g/mol. The van der Waals surface area contributed by atoms with E-state index in [0.29, 0.717) is 6.54 Å². The molecule has 6 heteroatoms. The molecule has 1 atom stereocenters. The lowest BCUT2D eigenvalue weighted by Gasteiger charge is -2.09. The van der Waals surface area contributed by atoms with Crippen LogP contribution in [0.5, 0.6) is 0 Å². The van der Waals surface area contributed by atoms with Crippen molar-refractivity contribution in [3.8, 4) is 0 Å². The lowest BCUT2D eigenvalue weighted by Crippen LogP contribution is -2.28. The van der Waals surface area contributed by atoms with E-state index in [9.17, 15) is 9.90 Å². The Bertz CT molecular complexity index is 362. The number of aryl methyl sites for hydroxylation is 1. The van der Waals surface area contributed by atoms with Crippen LogP contribution < -0.4 is 5.32 Å². The Kier molecular flexibility index (Phi) is 4.45. The van der Waals surface area contributed by atoms with Crippen LogP contribution >= 0.6 is 0 Å². The Morgan fingerprint density at radius 2 is 2.38 bits per heavy atom. The second-order valence-electron chi connectivity index (χ2n) is 3.76. The zero-order chi connectivity index (χ0) is 12.1. The van der Waals surface area contributed by atoms with Gasteiger partial charge in [-0.15, -0.1) is 0 Å². The van der Waals surface area contributed by atoms with Gasteiger partial charge in [-0.2, -0.15) is 5.10 Å². The van der Waals surface area contributed by atoms with E-state index in [-0.39, 0.29) is 13.0 Å². The molecule has 1 heterocycles. The molecule has 1 aromatic heterocycles. The van der Waals surface area contributed by atoms with Gasteiger partial charge in [0.25, 0.3) is 0 Å². The second-order valence-corrected chi connectivity index (χ2v) is 3.76. The summed E-state index contributed by atoms with van der Waals surface area (Å²) < 4.78 is 1.77. The van der Waals surface area contributed by atoms with Crippen LogP contribution in [0.15, 0.2) is 6.20 Å². The molecule has 0 saturated carbocycles. The predicted octanol–water partition coefficient (Wildman–Crippen LogP) is -0.346. The van der Waals surface area contributed by atoms with Crippen molar-refractivity contribution in [2.75, 3.05) is 6.54 Å². The summed E-state index contributed by atoms with van der Waals surface area (Å²) in [5.74, 6) is -0.994. The first kappa shape index (κ1) is 12.7. The molecular weight excluding hydrogens is 210 g/mol. The van der Waals surface area contributed by atoms with Gasteiger partial charge < -0.3 is 15.5 Å². The van der Waals surface area contributed by atoms with Crippen molar-refractivity contribution in [3.05, 3.63) is 17.5 Å². The van der Waals surface area contributed by atoms with E-state index in [1.807, 2.05) is 14.0 Å². The highest BCUT2D eigenvalue weighted by Crippen LogP contribution is 2.04. The van der Waals surface area contributed by atoms with Gasteiger partial charge >= 0.3 is 5.97 Å². The minimum absolute atomic E-state index is 0.237. The Labute approximate surface area is 93.9 Å². The van der Waals surface area contributed by atoms with Gasteiger partial charge in [0.05, 0.1) is 18.7 Å². The first-order valence-corrected chi connectivity index (χ1v) is 5.08. The van der Waals surface area contributed by atoms with Crippen LogP contribution in [0.3, 0.4) is 0 Å². The summed E-state index contributed by atoms with van der Waals surface area (Å²) in [7, 11) is 1.86. The largest absolute Gasteiger partial charge is 0.481 e. The van der Waals surface area contributed by atoms with E-state index >= 15 is 0 Å². The van der Waals surface area contributed by atoms with Crippen LogP contribution in [0.4, 0.5) is 0 Å². The third-order valence-electron chi connectivity index (χ3n) is 2.44. The molecule has 0 spiro atoms. The number of hydrogen-bond acceptors (Lipinski definition) is 4. The minimum atomic E-state index is -0.994. The van der Waals surface area contributed by atoms with Crippen LogP contribution in [0.1, 0.15) is 17.7 Å². The van der Waals surface area contributed by atoms with Crippen molar-refractivity contribution < 1.29 is 15.0 Å². The topological polar surface area (TPSA) is 87.4 Å². The van der Waals surface area contributed by atoms with Gasteiger partial charge in [-0.05, 0) is 6.92 Å². The van der Waals surface area contributed by atoms with Crippen molar-refractivity contribution in [3.63, 3.8) is 0 Å². The molecule has 90 valence electrons. The second kappa shape index (κ2) is 5.62. The fourth-order valence-corrected chi connectivity index (χ4v) is 1.36. The molecule has 0 amide bonds. The zero-order valence-electron chi connectivity index (χ0n) is 9.47. The Balaban J connectivity index is 2.30. The molecule has 16 heavy (non-hydrogen) atoms. The molecule has 1 rings (SSSR count). The lowest BCUT2D eigenvalue weighted by molar-refractivity contribution is -0.139. The molecule has 1 unspecified atom stereocenters. The number of carbonyl (C=O) groups is 1. The number of rotatable bonds is 6. The van der Waals surface area contributed by atoms with Crippen molar-refractivity contribution in [1.82, 2.24) is 15.1 Å². The van der Waals surface area contributed by atoms with Crippen molar-refractivity contribution in [1.29, 1.82) is 0 Å². The Morgan fingerprint density at radius 1 is 1.69 bits per heavy atom. The fraction of sp³-hybridized carbons (Fsp3) is 0.600. The van der Waals surface area contributed by atoms with Crippen LogP contribution in [0.25, 0.3) is 0 Å². The highest BCUT2D eigenvalue weighted by Gasteiger charge is 2.09. The smallest absolute Gasteiger partial charge is 0.306 e. The summed E-state index contributed by atoms with van der Waals surface area (Å²) in [6.45, 7) is 2.80. The number of aliphatic carboxylic acids is 1. The molecule has 0 aliphatic rings. The van der Waals surface area contributed by atoms with Crippen LogP contribution in [-0.2, 0) is 18.4 Å². The molecule has 0 aliphatic heterocycles. The quantitative estimate of drug-likeness (QED) is 0.618. The molecule has 0 bridgehead atoms. The van der Waals surface area contributed by atoms with Gasteiger partial charge in [-0.1, -0.05) is 0 Å². The van der Waals surface area contributed by atoms with E-state index in [1.165, 1.54) is 0 Å². The maximum atomic E-state index is 10.3. The van der Waals surface area contributed by atoms with Crippen molar-refractivity contribution in [2.45, 2.75) is 26.0 Å². The number of aromatic nitrogens is 2. The number of aliphatic hydroxyl groups excluding tert-OH is 1. The van der Waals surface area contributed by atoms with Gasteiger partial charge in [-0.3, -0.25) is 9.48 Å². The molecule has 0 fully saturated rings. The number of nitrogens with zero attached hydrogens (tertiary/aromatic N) is 2. The van der Waals surface area contributed by atoms with Crippen molar-refractivity contribution in [2.24, 2.45) is 7.05 Å². The van der Waals surface area contributed by atoms with Gasteiger partial charge in [0.1, 0.15) is 0 Å².